The predicted octanol–water partition coefficient (Wildman–Crippen LogP) is 3.45. The molecule has 1 aromatic heterocycles. The molecule has 1 aliphatic rings. The molecular weight excluding hydrogens is 192 g/mol. The fourth-order valence-electron chi connectivity index (χ4n) is 1.74. The zero-order chi connectivity index (χ0) is 10.2. The minimum atomic E-state index is -0.596. The first kappa shape index (κ1) is 10.2. The molecule has 0 spiro atoms. The van der Waals surface area contributed by atoms with Gasteiger partial charge in [-0.1, -0.05) is 12.8 Å². The summed E-state index contributed by atoms with van der Waals surface area (Å²) in [5.74, 6) is 0.905. The van der Waals surface area contributed by atoms with Gasteiger partial charge in [-0.3, -0.25) is 0 Å². The van der Waals surface area contributed by atoms with Crippen molar-refractivity contribution in [2.24, 2.45) is 5.92 Å². The molecule has 0 aliphatic heterocycles. The van der Waals surface area contributed by atoms with Crippen LogP contribution in [0.1, 0.15) is 42.4 Å². The van der Waals surface area contributed by atoms with Gasteiger partial charge in [0.15, 0.2) is 0 Å². The van der Waals surface area contributed by atoms with Crippen LogP contribution in [0.4, 0.5) is 0 Å². The molecule has 0 amide bonds. The third-order valence-corrected chi connectivity index (χ3v) is 4.26. The third kappa shape index (κ3) is 2.37. The lowest BCUT2D eigenvalue weighted by Gasteiger charge is -2.21. The molecule has 0 bridgehead atoms. The van der Waals surface area contributed by atoms with Gasteiger partial charge in [-0.25, -0.2) is 0 Å². The molecule has 1 N–H and O–H groups in total. The van der Waals surface area contributed by atoms with Crippen LogP contribution in [0.15, 0.2) is 12.1 Å². The summed E-state index contributed by atoms with van der Waals surface area (Å²) in [5.41, 5.74) is -0.596. The van der Waals surface area contributed by atoms with Crippen LogP contribution >= 0.6 is 11.3 Å². The Morgan fingerprint density at radius 1 is 1.50 bits per heavy atom. The highest BCUT2D eigenvalue weighted by Gasteiger charge is 2.29. The fraction of sp³-hybridized carbons (Fsp3) is 0.667. The Morgan fingerprint density at radius 2 is 2.21 bits per heavy atom. The van der Waals surface area contributed by atoms with Crippen molar-refractivity contribution in [2.75, 3.05) is 0 Å². The summed E-state index contributed by atoms with van der Waals surface area (Å²) >= 11 is 1.72. The standard InChI is InChI=1S/C12H18OS/c1-9-3-6-11(14-9)12(2,13)8-7-10-4-5-10/h3,6,10,13H,4-5,7-8H2,1-2H3. The lowest BCUT2D eigenvalue weighted by molar-refractivity contribution is 0.0477. The largest absolute Gasteiger partial charge is 0.385 e. The van der Waals surface area contributed by atoms with Crippen LogP contribution in [-0.4, -0.2) is 5.11 Å². The summed E-state index contributed by atoms with van der Waals surface area (Å²) in [4.78, 5) is 2.40. The molecule has 14 heavy (non-hydrogen) atoms. The molecule has 0 aromatic carbocycles. The van der Waals surface area contributed by atoms with E-state index in [2.05, 4.69) is 19.1 Å². The molecule has 2 rings (SSSR count). The maximum atomic E-state index is 10.3. The highest BCUT2D eigenvalue weighted by atomic mass is 32.1. The first-order valence-corrected chi connectivity index (χ1v) is 6.19. The van der Waals surface area contributed by atoms with E-state index >= 15 is 0 Å². The van der Waals surface area contributed by atoms with E-state index < -0.39 is 5.60 Å². The second-order valence-corrected chi connectivity index (χ2v) is 5.95. The van der Waals surface area contributed by atoms with Crippen molar-refractivity contribution in [1.29, 1.82) is 0 Å². The van der Waals surface area contributed by atoms with Gasteiger partial charge in [0.1, 0.15) is 0 Å². The maximum Gasteiger partial charge on any atom is 0.0960 e. The highest BCUT2D eigenvalue weighted by molar-refractivity contribution is 7.12. The summed E-state index contributed by atoms with van der Waals surface area (Å²) in [6.07, 6.45) is 4.85. The third-order valence-electron chi connectivity index (χ3n) is 3.01. The van der Waals surface area contributed by atoms with Gasteiger partial charge in [-0.2, -0.15) is 0 Å². The minimum Gasteiger partial charge on any atom is -0.385 e. The first-order chi connectivity index (χ1) is 6.58. The van der Waals surface area contributed by atoms with Crippen molar-refractivity contribution in [3.8, 4) is 0 Å². The van der Waals surface area contributed by atoms with Gasteiger partial charge in [0.25, 0.3) is 0 Å². The van der Waals surface area contributed by atoms with E-state index in [9.17, 15) is 5.11 Å². The molecule has 1 heterocycles. The lowest BCUT2D eigenvalue weighted by Crippen LogP contribution is -2.19. The van der Waals surface area contributed by atoms with Gasteiger partial charge >= 0.3 is 0 Å². The molecular formula is C12H18OS. The number of thiophene rings is 1. The van der Waals surface area contributed by atoms with Crippen molar-refractivity contribution >= 4 is 11.3 Å². The van der Waals surface area contributed by atoms with Crippen molar-refractivity contribution in [3.05, 3.63) is 21.9 Å². The Hall–Kier alpha value is -0.340. The number of hydrogen-bond acceptors (Lipinski definition) is 2. The van der Waals surface area contributed by atoms with E-state index in [1.807, 2.05) is 6.92 Å². The van der Waals surface area contributed by atoms with Crippen LogP contribution in [0.3, 0.4) is 0 Å². The lowest BCUT2D eigenvalue weighted by atomic mass is 9.97. The molecule has 1 unspecified atom stereocenters. The zero-order valence-corrected chi connectivity index (χ0v) is 9.73. The second kappa shape index (κ2) is 3.67. The SMILES string of the molecule is Cc1ccc(C(C)(O)CCC2CC2)s1. The van der Waals surface area contributed by atoms with Crippen LogP contribution in [0, 0.1) is 12.8 Å². The van der Waals surface area contributed by atoms with Crippen molar-refractivity contribution in [1.82, 2.24) is 0 Å². The Kier molecular flexibility index (Phi) is 2.67. The monoisotopic (exact) mass is 210 g/mol. The van der Waals surface area contributed by atoms with E-state index in [-0.39, 0.29) is 0 Å². The topological polar surface area (TPSA) is 20.2 Å². The van der Waals surface area contributed by atoms with Gasteiger partial charge in [0, 0.05) is 9.75 Å². The predicted molar refractivity (Wildman–Crippen MR) is 60.6 cm³/mol. The summed E-state index contributed by atoms with van der Waals surface area (Å²) in [6, 6.07) is 4.15. The Bertz CT molecular complexity index is 310. The van der Waals surface area contributed by atoms with Crippen molar-refractivity contribution < 1.29 is 5.11 Å². The average molecular weight is 210 g/mol. The summed E-state index contributed by atoms with van der Waals surface area (Å²) in [6.45, 7) is 4.03. The Labute approximate surface area is 89.8 Å². The van der Waals surface area contributed by atoms with E-state index in [1.54, 1.807) is 11.3 Å². The van der Waals surface area contributed by atoms with Crippen LogP contribution in [0.2, 0.25) is 0 Å². The van der Waals surface area contributed by atoms with Gasteiger partial charge in [-0.15, -0.1) is 11.3 Å². The quantitative estimate of drug-likeness (QED) is 0.807. The van der Waals surface area contributed by atoms with Crippen LogP contribution in [0.25, 0.3) is 0 Å². The highest BCUT2D eigenvalue weighted by Crippen LogP contribution is 2.39. The molecule has 1 nitrogen and oxygen atoms in total. The Morgan fingerprint density at radius 3 is 2.71 bits per heavy atom. The van der Waals surface area contributed by atoms with Crippen LogP contribution in [-0.2, 0) is 5.60 Å². The number of aryl methyl sites for hydroxylation is 1. The molecule has 78 valence electrons. The fourth-order valence-corrected chi connectivity index (χ4v) is 2.68. The second-order valence-electron chi connectivity index (χ2n) is 4.67. The van der Waals surface area contributed by atoms with Gasteiger partial charge in [0.2, 0.25) is 0 Å². The first-order valence-electron chi connectivity index (χ1n) is 5.37. The molecule has 1 fully saturated rings. The zero-order valence-electron chi connectivity index (χ0n) is 8.92. The molecule has 0 radical (unpaired) electrons. The smallest absolute Gasteiger partial charge is 0.0960 e. The normalized spacial score (nSPS) is 20.8. The van der Waals surface area contributed by atoms with Gasteiger partial charge < -0.3 is 5.11 Å². The number of aliphatic hydroxyl groups is 1. The van der Waals surface area contributed by atoms with Crippen LogP contribution < -0.4 is 0 Å². The summed E-state index contributed by atoms with van der Waals surface area (Å²) < 4.78 is 0. The van der Waals surface area contributed by atoms with Crippen molar-refractivity contribution in [2.45, 2.75) is 45.1 Å². The van der Waals surface area contributed by atoms with Gasteiger partial charge in [-0.05, 0) is 44.7 Å². The molecule has 1 atom stereocenters. The Balaban J connectivity index is 1.98. The maximum absolute atomic E-state index is 10.3. The molecule has 1 aromatic rings. The number of rotatable bonds is 4. The van der Waals surface area contributed by atoms with E-state index in [1.165, 1.54) is 24.1 Å². The summed E-state index contributed by atoms with van der Waals surface area (Å²) in [7, 11) is 0. The number of hydrogen-bond donors (Lipinski definition) is 1. The molecule has 1 saturated carbocycles. The average Bonchev–Trinajstić information content (AvgIpc) is 2.85. The van der Waals surface area contributed by atoms with E-state index in [0.717, 1.165) is 17.2 Å². The van der Waals surface area contributed by atoms with E-state index in [0.29, 0.717) is 0 Å². The van der Waals surface area contributed by atoms with Crippen LogP contribution in [0.5, 0.6) is 0 Å². The minimum absolute atomic E-state index is 0.596. The summed E-state index contributed by atoms with van der Waals surface area (Å²) in [5, 5.41) is 10.3. The van der Waals surface area contributed by atoms with E-state index in [4.69, 9.17) is 0 Å². The molecule has 0 saturated heterocycles. The molecule has 2 heteroatoms. The molecule has 1 aliphatic carbocycles. The van der Waals surface area contributed by atoms with Gasteiger partial charge in [0.05, 0.1) is 5.60 Å². The van der Waals surface area contributed by atoms with Crippen molar-refractivity contribution in [3.63, 3.8) is 0 Å².